The standard InChI is InChI=1S/C16H23N7O/c17-15(24)14-12-20-23(13-14)7-2-1-6-21-8-10-22(11-9-21)16-18-4-3-5-19-16/h3-5,12-13H,1-2,6-11H2,(H2,17,24). The lowest BCUT2D eigenvalue weighted by atomic mass is 10.2. The van der Waals surface area contributed by atoms with E-state index < -0.39 is 5.91 Å². The maximum absolute atomic E-state index is 11.0. The zero-order valence-electron chi connectivity index (χ0n) is 13.7. The smallest absolute Gasteiger partial charge is 0.251 e. The minimum Gasteiger partial charge on any atom is -0.366 e. The van der Waals surface area contributed by atoms with E-state index in [1.807, 2.05) is 6.07 Å². The number of carbonyl (C=O) groups is 1. The molecule has 2 aromatic heterocycles. The second-order valence-electron chi connectivity index (χ2n) is 5.94. The van der Waals surface area contributed by atoms with Crippen LogP contribution in [0.4, 0.5) is 5.95 Å². The van der Waals surface area contributed by atoms with Gasteiger partial charge >= 0.3 is 0 Å². The molecule has 0 unspecified atom stereocenters. The minimum absolute atomic E-state index is 0.429. The summed E-state index contributed by atoms with van der Waals surface area (Å²) in [5.41, 5.74) is 5.69. The van der Waals surface area contributed by atoms with Crippen LogP contribution in [0.1, 0.15) is 23.2 Å². The number of carbonyl (C=O) groups excluding carboxylic acids is 1. The van der Waals surface area contributed by atoms with Crippen LogP contribution in [-0.4, -0.2) is 63.3 Å². The van der Waals surface area contributed by atoms with Gasteiger partial charge in [0.15, 0.2) is 0 Å². The maximum Gasteiger partial charge on any atom is 0.251 e. The van der Waals surface area contributed by atoms with E-state index in [2.05, 4.69) is 24.9 Å². The van der Waals surface area contributed by atoms with Crippen LogP contribution >= 0.6 is 0 Å². The fourth-order valence-corrected chi connectivity index (χ4v) is 2.85. The Morgan fingerprint density at radius 3 is 2.46 bits per heavy atom. The lowest BCUT2D eigenvalue weighted by molar-refractivity contribution is 0.1000. The maximum atomic E-state index is 11.0. The van der Waals surface area contributed by atoms with Gasteiger partial charge in [0.1, 0.15) is 0 Å². The quantitative estimate of drug-likeness (QED) is 0.738. The molecular formula is C16H23N7O. The van der Waals surface area contributed by atoms with Crippen molar-refractivity contribution in [1.29, 1.82) is 0 Å². The van der Waals surface area contributed by atoms with Crippen LogP contribution in [0.25, 0.3) is 0 Å². The summed E-state index contributed by atoms with van der Waals surface area (Å²) in [6, 6.07) is 1.84. The summed E-state index contributed by atoms with van der Waals surface area (Å²) in [5, 5.41) is 4.15. The summed E-state index contributed by atoms with van der Waals surface area (Å²) in [6.07, 6.45) is 8.94. The van der Waals surface area contributed by atoms with Crippen LogP contribution in [0.15, 0.2) is 30.9 Å². The third-order valence-electron chi connectivity index (χ3n) is 4.24. The van der Waals surface area contributed by atoms with Gasteiger partial charge in [-0.3, -0.25) is 14.4 Å². The molecule has 24 heavy (non-hydrogen) atoms. The molecule has 1 aliphatic rings. The lowest BCUT2D eigenvalue weighted by Crippen LogP contribution is -2.47. The first-order chi connectivity index (χ1) is 11.7. The summed E-state index contributed by atoms with van der Waals surface area (Å²) < 4.78 is 1.78. The van der Waals surface area contributed by atoms with Gasteiger partial charge in [-0.2, -0.15) is 5.10 Å². The molecule has 1 fully saturated rings. The van der Waals surface area contributed by atoms with Crippen molar-refractivity contribution in [1.82, 2.24) is 24.6 Å². The number of unbranched alkanes of at least 4 members (excludes halogenated alkanes) is 1. The molecule has 0 saturated carbocycles. The van der Waals surface area contributed by atoms with Crippen molar-refractivity contribution in [3.8, 4) is 0 Å². The van der Waals surface area contributed by atoms with Gasteiger partial charge in [0.25, 0.3) is 5.91 Å². The van der Waals surface area contributed by atoms with E-state index in [4.69, 9.17) is 5.73 Å². The van der Waals surface area contributed by atoms with Gasteiger partial charge < -0.3 is 10.6 Å². The summed E-state index contributed by atoms with van der Waals surface area (Å²) in [7, 11) is 0. The second kappa shape index (κ2) is 7.87. The van der Waals surface area contributed by atoms with Crippen molar-refractivity contribution < 1.29 is 4.79 Å². The van der Waals surface area contributed by atoms with Crippen molar-refractivity contribution in [2.45, 2.75) is 19.4 Å². The monoisotopic (exact) mass is 329 g/mol. The van der Waals surface area contributed by atoms with Crippen LogP contribution in [0.5, 0.6) is 0 Å². The Balaban J connectivity index is 1.34. The first-order valence-corrected chi connectivity index (χ1v) is 8.29. The minimum atomic E-state index is -0.429. The molecule has 8 heteroatoms. The fourth-order valence-electron chi connectivity index (χ4n) is 2.85. The van der Waals surface area contributed by atoms with E-state index in [9.17, 15) is 4.79 Å². The van der Waals surface area contributed by atoms with Gasteiger partial charge in [-0.05, 0) is 25.5 Å². The molecule has 3 rings (SSSR count). The predicted octanol–water partition coefficient (Wildman–Crippen LogP) is 0.374. The van der Waals surface area contributed by atoms with Gasteiger partial charge in [-0.25, -0.2) is 9.97 Å². The Morgan fingerprint density at radius 2 is 1.79 bits per heavy atom. The van der Waals surface area contributed by atoms with E-state index in [1.165, 1.54) is 6.20 Å². The number of hydrogen-bond acceptors (Lipinski definition) is 6. The van der Waals surface area contributed by atoms with E-state index in [0.717, 1.165) is 58.1 Å². The Labute approximate surface area is 141 Å². The van der Waals surface area contributed by atoms with Crippen molar-refractivity contribution in [3.63, 3.8) is 0 Å². The summed E-state index contributed by atoms with van der Waals surface area (Å²) in [6.45, 7) is 5.88. The highest BCUT2D eigenvalue weighted by atomic mass is 16.1. The average molecular weight is 329 g/mol. The highest BCUT2D eigenvalue weighted by Gasteiger charge is 2.18. The molecular weight excluding hydrogens is 306 g/mol. The molecule has 2 aromatic rings. The second-order valence-corrected chi connectivity index (χ2v) is 5.94. The number of nitrogens with zero attached hydrogens (tertiary/aromatic N) is 6. The summed E-state index contributed by atoms with van der Waals surface area (Å²) >= 11 is 0. The molecule has 2 N–H and O–H groups in total. The predicted molar refractivity (Wildman–Crippen MR) is 90.7 cm³/mol. The van der Waals surface area contributed by atoms with Gasteiger partial charge in [-0.15, -0.1) is 0 Å². The third-order valence-corrected chi connectivity index (χ3v) is 4.24. The van der Waals surface area contributed by atoms with Gasteiger partial charge in [-0.1, -0.05) is 0 Å². The van der Waals surface area contributed by atoms with Crippen molar-refractivity contribution in [3.05, 3.63) is 36.4 Å². The number of anilines is 1. The first-order valence-electron chi connectivity index (χ1n) is 8.29. The molecule has 0 spiro atoms. The molecule has 128 valence electrons. The largest absolute Gasteiger partial charge is 0.366 e. The Bertz CT molecular complexity index is 649. The molecule has 0 aromatic carbocycles. The molecule has 1 aliphatic heterocycles. The Hall–Kier alpha value is -2.48. The Morgan fingerprint density at radius 1 is 1.08 bits per heavy atom. The van der Waals surface area contributed by atoms with Crippen LogP contribution in [0.2, 0.25) is 0 Å². The molecule has 0 atom stereocenters. The molecule has 8 nitrogen and oxygen atoms in total. The Kier molecular flexibility index (Phi) is 5.37. The number of piperazine rings is 1. The van der Waals surface area contributed by atoms with Gasteiger partial charge in [0, 0.05) is 51.3 Å². The number of aromatic nitrogens is 4. The molecule has 3 heterocycles. The highest BCUT2D eigenvalue weighted by Crippen LogP contribution is 2.10. The van der Waals surface area contributed by atoms with E-state index >= 15 is 0 Å². The van der Waals surface area contributed by atoms with Crippen LogP contribution in [0, 0.1) is 0 Å². The number of hydrogen-bond donors (Lipinski definition) is 1. The summed E-state index contributed by atoms with van der Waals surface area (Å²) in [5.74, 6) is 0.391. The molecule has 1 amide bonds. The number of aryl methyl sites for hydroxylation is 1. The highest BCUT2D eigenvalue weighted by molar-refractivity contribution is 5.92. The topological polar surface area (TPSA) is 93.2 Å². The van der Waals surface area contributed by atoms with Crippen LogP contribution < -0.4 is 10.6 Å². The molecule has 0 radical (unpaired) electrons. The zero-order chi connectivity index (χ0) is 16.8. The number of primary amides is 1. The van der Waals surface area contributed by atoms with Crippen molar-refractivity contribution in [2.24, 2.45) is 5.73 Å². The van der Waals surface area contributed by atoms with E-state index in [0.29, 0.717) is 5.56 Å². The number of amides is 1. The zero-order valence-corrected chi connectivity index (χ0v) is 13.7. The van der Waals surface area contributed by atoms with Crippen molar-refractivity contribution in [2.75, 3.05) is 37.6 Å². The van der Waals surface area contributed by atoms with Crippen LogP contribution in [0.3, 0.4) is 0 Å². The average Bonchev–Trinajstić information content (AvgIpc) is 3.09. The summed E-state index contributed by atoms with van der Waals surface area (Å²) in [4.78, 5) is 24.3. The lowest BCUT2D eigenvalue weighted by Gasteiger charge is -2.34. The SMILES string of the molecule is NC(=O)c1cnn(CCCCN2CCN(c3ncccn3)CC2)c1. The molecule has 1 saturated heterocycles. The number of nitrogens with two attached hydrogens (primary N) is 1. The molecule has 0 aliphatic carbocycles. The van der Waals surface area contributed by atoms with Gasteiger partial charge in [0.2, 0.25) is 5.95 Å². The molecule has 0 bridgehead atoms. The third kappa shape index (κ3) is 4.29. The van der Waals surface area contributed by atoms with Gasteiger partial charge in [0.05, 0.1) is 11.8 Å². The van der Waals surface area contributed by atoms with Crippen molar-refractivity contribution >= 4 is 11.9 Å². The van der Waals surface area contributed by atoms with Crippen LogP contribution in [-0.2, 0) is 6.54 Å². The van der Waals surface area contributed by atoms with E-state index in [1.54, 1.807) is 23.3 Å². The normalized spacial score (nSPS) is 15.6. The number of rotatable bonds is 7. The first kappa shape index (κ1) is 16.4. The van der Waals surface area contributed by atoms with E-state index in [-0.39, 0.29) is 0 Å². The fraction of sp³-hybridized carbons (Fsp3) is 0.500.